The fourth-order valence-electron chi connectivity index (χ4n) is 6.73. The van der Waals surface area contributed by atoms with Gasteiger partial charge in [0.15, 0.2) is 5.96 Å². The molecule has 0 bridgehead atoms. The number of aliphatic carboxylic acids is 1. The molecule has 1 saturated heterocycles. The van der Waals surface area contributed by atoms with Gasteiger partial charge < -0.3 is 80.8 Å². The highest BCUT2D eigenvalue weighted by Crippen LogP contribution is 2.20. The van der Waals surface area contributed by atoms with Crippen molar-refractivity contribution >= 4 is 59.2 Å². The van der Waals surface area contributed by atoms with Gasteiger partial charge in [-0.2, -0.15) is 0 Å². The number of carbonyl (C=O) groups is 9. The van der Waals surface area contributed by atoms with E-state index in [0.29, 0.717) is 25.7 Å². The van der Waals surface area contributed by atoms with E-state index in [1.165, 1.54) is 25.7 Å². The lowest BCUT2D eigenvalue weighted by Gasteiger charge is -2.30. The topological polar surface area (TPSA) is 432 Å². The van der Waals surface area contributed by atoms with E-state index in [-0.39, 0.29) is 57.2 Å². The van der Waals surface area contributed by atoms with Crippen molar-refractivity contribution in [2.75, 3.05) is 26.2 Å². The third kappa shape index (κ3) is 19.4. The molecule has 0 spiro atoms. The summed E-state index contributed by atoms with van der Waals surface area (Å²) in [6, 6.07) is -11.1. The summed E-state index contributed by atoms with van der Waals surface area (Å²) in [7, 11) is 0. The molecule has 8 amide bonds. The first-order chi connectivity index (χ1) is 29.9. The number of amides is 8. The number of primary amides is 1. The van der Waals surface area contributed by atoms with E-state index in [2.05, 4.69) is 36.9 Å². The van der Waals surface area contributed by atoms with E-state index in [9.17, 15) is 58.5 Å². The molecule has 0 aromatic carbocycles. The second-order valence-electron chi connectivity index (χ2n) is 16.6. The summed E-state index contributed by atoms with van der Waals surface area (Å²) < 4.78 is 0. The molecule has 25 heteroatoms. The Morgan fingerprint density at radius 3 is 1.81 bits per heavy atom. The average Bonchev–Trinajstić information content (AvgIpc) is 3.70. The number of rotatable bonds is 29. The molecule has 1 fully saturated rings. The highest BCUT2D eigenvalue weighted by Gasteiger charge is 2.39. The third-order valence-electron chi connectivity index (χ3n) is 10.2. The van der Waals surface area contributed by atoms with Crippen LogP contribution < -0.4 is 60.6 Å². The lowest BCUT2D eigenvalue weighted by Crippen LogP contribution is -2.62. The molecule has 64 heavy (non-hydrogen) atoms. The molecule has 0 unspecified atom stereocenters. The molecule has 0 radical (unpaired) electrons. The van der Waals surface area contributed by atoms with Gasteiger partial charge in [-0.1, -0.05) is 27.7 Å². The maximum Gasteiger partial charge on any atom is 0.326 e. The number of nitrogens with two attached hydrogens (primary N) is 5. The molecule has 0 aromatic rings. The Kier molecular flexibility index (Phi) is 24.8. The van der Waals surface area contributed by atoms with Crippen molar-refractivity contribution in [3.05, 3.63) is 0 Å². The number of aliphatic imine (C=N–C) groups is 1. The minimum Gasteiger partial charge on any atom is -0.480 e. The first kappa shape index (κ1) is 56.4. The number of carboxylic acids is 1. The fourth-order valence-corrected chi connectivity index (χ4v) is 6.73. The Balaban J connectivity index is 3.16. The highest BCUT2D eigenvalue weighted by molar-refractivity contribution is 5.98. The number of aliphatic hydroxyl groups excluding tert-OH is 2. The predicted molar refractivity (Wildman–Crippen MR) is 232 cm³/mol. The number of likely N-dealkylation sites (tertiary alicyclic amines) is 1. The molecule has 1 aliphatic heterocycles. The Morgan fingerprint density at radius 1 is 0.719 bits per heavy atom. The Bertz CT molecular complexity index is 1640. The monoisotopic (exact) mass is 914 g/mol. The number of guanidine groups is 1. The maximum atomic E-state index is 13.7. The van der Waals surface area contributed by atoms with Crippen LogP contribution in [0.25, 0.3) is 0 Å². The molecule has 1 rings (SSSR count). The molecule has 9 atom stereocenters. The van der Waals surface area contributed by atoms with Crippen molar-refractivity contribution in [2.24, 2.45) is 45.5 Å². The van der Waals surface area contributed by atoms with Gasteiger partial charge in [0.25, 0.3) is 0 Å². The van der Waals surface area contributed by atoms with E-state index in [1.54, 1.807) is 13.8 Å². The van der Waals surface area contributed by atoms with Gasteiger partial charge in [-0.05, 0) is 76.7 Å². The van der Waals surface area contributed by atoms with Crippen molar-refractivity contribution in [3.63, 3.8) is 0 Å². The Hall–Kier alpha value is -5.66. The fraction of sp³-hybridized carbons (Fsp3) is 0.744. The van der Waals surface area contributed by atoms with Crippen LogP contribution in [0.15, 0.2) is 4.99 Å². The molecule has 1 heterocycles. The molecule has 25 nitrogen and oxygen atoms in total. The minimum absolute atomic E-state index is 0.0346. The summed E-state index contributed by atoms with van der Waals surface area (Å²) in [6.07, 6.45) is 0.0303. The normalized spacial score (nSPS) is 17.4. The number of nitrogens with zero attached hydrogens (tertiary/aromatic N) is 2. The van der Waals surface area contributed by atoms with Gasteiger partial charge >= 0.3 is 5.97 Å². The van der Waals surface area contributed by atoms with E-state index >= 15 is 0 Å². The molecular formula is C39H71N13O12. The number of unbranched alkanes of at least 4 members (excludes halogenated alkanes) is 1. The van der Waals surface area contributed by atoms with Crippen molar-refractivity contribution in [1.29, 1.82) is 0 Å². The number of carboxylic acid groups (broad SMARTS) is 1. The van der Waals surface area contributed by atoms with Crippen LogP contribution in [0.3, 0.4) is 0 Å². The number of aliphatic hydroxyl groups is 2. The molecular weight excluding hydrogens is 843 g/mol. The van der Waals surface area contributed by atoms with E-state index in [4.69, 9.17) is 28.7 Å². The van der Waals surface area contributed by atoms with E-state index < -0.39 is 127 Å². The lowest BCUT2D eigenvalue weighted by atomic mass is 10.0. The molecule has 0 aromatic heterocycles. The number of carbonyl (C=O) groups excluding carboxylic acids is 8. The second kappa shape index (κ2) is 28.2. The van der Waals surface area contributed by atoms with Crippen molar-refractivity contribution < 1.29 is 58.5 Å². The smallest absolute Gasteiger partial charge is 0.326 e. The summed E-state index contributed by atoms with van der Waals surface area (Å²) in [5, 5.41) is 44.5. The summed E-state index contributed by atoms with van der Waals surface area (Å²) in [5.74, 6) is -9.57. The first-order valence-corrected chi connectivity index (χ1v) is 21.4. The second-order valence-corrected chi connectivity index (χ2v) is 16.6. The van der Waals surface area contributed by atoms with Crippen LogP contribution in [0.4, 0.5) is 0 Å². The quantitative estimate of drug-likeness (QED) is 0.0189. The van der Waals surface area contributed by atoms with Gasteiger partial charge in [0, 0.05) is 13.1 Å². The standard InChI is InChI=1S/C39H71N13O12/c1-19(2)16-25(38(63)64)48-32(57)24(17-28(42)55)47-35(60)29(20(3)4)50-33(58)26(18-53)49-36(61)30(21(5)54)51-31(56)23(11-6-7-13-40)46-34(59)27-12-9-15-52(27)37(62)22(41)10-8-14-45-39(43)44/h19-27,29-30,53-54H,6-18,40-41H2,1-5H3,(H2,42,55)(H,46,59)(H,47,60)(H,48,57)(H,49,61)(H,50,58)(H,51,56)(H,63,64)(H4,43,44,45)/t21-,22+,23+,24+,25+,26+,27+,29+,30+/m1/s1. The van der Waals surface area contributed by atoms with E-state index in [0.717, 1.165) is 0 Å². The average molecular weight is 914 g/mol. The van der Waals surface area contributed by atoms with Gasteiger partial charge in [-0.15, -0.1) is 0 Å². The van der Waals surface area contributed by atoms with Gasteiger partial charge in [-0.25, -0.2) is 4.79 Å². The van der Waals surface area contributed by atoms with Crippen LogP contribution in [0, 0.1) is 11.8 Å². The summed E-state index contributed by atoms with van der Waals surface area (Å²) >= 11 is 0. The zero-order chi connectivity index (χ0) is 48.8. The van der Waals surface area contributed by atoms with Crippen molar-refractivity contribution in [1.82, 2.24) is 36.8 Å². The Morgan fingerprint density at radius 2 is 1.28 bits per heavy atom. The minimum atomic E-state index is -1.76. The number of nitrogens with one attached hydrogen (secondary N) is 6. The zero-order valence-corrected chi connectivity index (χ0v) is 37.3. The highest BCUT2D eigenvalue weighted by atomic mass is 16.4. The van der Waals surface area contributed by atoms with Crippen LogP contribution in [-0.2, 0) is 43.2 Å². The van der Waals surface area contributed by atoms with Crippen LogP contribution >= 0.6 is 0 Å². The van der Waals surface area contributed by atoms with Crippen LogP contribution in [0.2, 0.25) is 0 Å². The van der Waals surface area contributed by atoms with Gasteiger partial charge in [0.2, 0.25) is 47.3 Å². The number of hydrogen-bond acceptors (Lipinski definition) is 14. The van der Waals surface area contributed by atoms with Crippen LogP contribution in [-0.4, -0.2) is 160 Å². The summed E-state index contributed by atoms with van der Waals surface area (Å²) in [4.78, 5) is 123. The lowest BCUT2D eigenvalue weighted by molar-refractivity contribution is -0.143. The summed E-state index contributed by atoms with van der Waals surface area (Å²) in [5.41, 5.74) is 27.8. The number of hydrogen-bond donors (Lipinski definition) is 14. The first-order valence-electron chi connectivity index (χ1n) is 21.4. The van der Waals surface area contributed by atoms with Gasteiger partial charge in [-0.3, -0.25) is 43.3 Å². The third-order valence-corrected chi connectivity index (χ3v) is 10.2. The molecule has 19 N–H and O–H groups in total. The molecule has 0 aliphatic carbocycles. The zero-order valence-electron chi connectivity index (χ0n) is 37.3. The molecule has 1 aliphatic rings. The van der Waals surface area contributed by atoms with Crippen LogP contribution in [0.5, 0.6) is 0 Å². The van der Waals surface area contributed by atoms with Crippen molar-refractivity contribution in [2.45, 2.75) is 147 Å². The van der Waals surface area contributed by atoms with Gasteiger partial charge in [0.05, 0.1) is 25.2 Å². The van der Waals surface area contributed by atoms with E-state index in [1.807, 2.05) is 0 Å². The maximum absolute atomic E-state index is 13.7. The molecule has 364 valence electrons. The summed E-state index contributed by atoms with van der Waals surface area (Å²) in [6.45, 7) is 7.39. The SMILES string of the molecule is CC(C)C[C@H](NC(=O)[C@H](CC(N)=O)NC(=O)[C@@H](NC(=O)[C@H](CO)NC(=O)[C@@H](NC(=O)[C@H](CCCCN)NC(=O)[C@@H]1CCCN1C(=O)[C@@H](N)CCCN=C(N)N)[C@@H](C)O)C(C)C)C(=O)O. The predicted octanol–water partition coefficient (Wildman–Crippen LogP) is -5.57. The van der Waals surface area contributed by atoms with Crippen LogP contribution in [0.1, 0.15) is 92.4 Å². The molecule has 0 saturated carbocycles. The van der Waals surface area contributed by atoms with Gasteiger partial charge in [0.1, 0.15) is 42.3 Å². The largest absolute Gasteiger partial charge is 0.480 e. The Labute approximate surface area is 372 Å². The van der Waals surface area contributed by atoms with Crippen molar-refractivity contribution in [3.8, 4) is 0 Å².